The van der Waals surface area contributed by atoms with Crippen molar-refractivity contribution in [1.82, 2.24) is 9.97 Å². The Morgan fingerprint density at radius 1 is 1.13 bits per heavy atom. The fourth-order valence-corrected chi connectivity index (χ4v) is 3.57. The van der Waals surface area contributed by atoms with Crippen LogP contribution in [0.1, 0.15) is 24.1 Å². The van der Waals surface area contributed by atoms with Gasteiger partial charge in [-0.05, 0) is 57.0 Å². The van der Waals surface area contributed by atoms with Crippen LogP contribution in [-0.4, -0.2) is 41.6 Å². The van der Waals surface area contributed by atoms with Crippen LogP contribution in [0.2, 0.25) is 0 Å². The van der Waals surface area contributed by atoms with Gasteiger partial charge in [-0.25, -0.2) is 9.97 Å². The van der Waals surface area contributed by atoms with Crippen molar-refractivity contribution >= 4 is 28.4 Å². The van der Waals surface area contributed by atoms with E-state index in [2.05, 4.69) is 15.2 Å². The molecule has 0 bridgehead atoms. The standard InChI is InChI=1S/C23H27N5O2/c1-15-3-6-19(7-4-15)30-14-22(29)26-18-5-8-21-20(13-18)16(2)25-23(27-21)28-11-9-17(24)10-12-28/h3-8,13,17H,9-12,14,24H2,1-2H3,(H,26,29). The fourth-order valence-electron chi connectivity index (χ4n) is 3.57. The monoisotopic (exact) mass is 405 g/mol. The first-order valence-corrected chi connectivity index (χ1v) is 10.3. The Hall–Kier alpha value is -3.19. The summed E-state index contributed by atoms with van der Waals surface area (Å²) in [4.78, 5) is 23.9. The smallest absolute Gasteiger partial charge is 0.262 e. The number of ether oxygens (including phenoxy) is 1. The molecule has 1 fully saturated rings. The molecular weight excluding hydrogens is 378 g/mol. The van der Waals surface area contributed by atoms with Gasteiger partial charge in [0.1, 0.15) is 5.75 Å². The summed E-state index contributed by atoms with van der Waals surface area (Å²) in [6, 6.07) is 13.6. The Kier molecular flexibility index (Phi) is 5.81. The predicted molar refractivity (Wildman–Crippen MR) is 119 cm³/mol. The number of benzene rings is 2. The third-order valence-corrected chi connectivity index (χ3v) is 5.37. The molecule has 1 aromatic heterocycles. The number of hydrogen-bond acceptors (Lipinski definition) is 6. The maximum atomic E-state index is 12.3. The number of anilines is 2. The zero-order chi connectivity index (χ0) is 21.1. The van der Waals surface area contributed by atoms with E-state index in [1.165, 1.54) is 0 Å². The van der Waals surface area contributed by atoms with Crippen LogP contribution >= 0.6 is 0 Å². The van der Waals surface area contributed by atoms with Crippen molar-refractivity contribution in [2.24, 2.45) is 5.73 Å². The number of piperidine rings is 1. The zero-order valence-electron chi connectivity index (χ0n) is 17.4. The van der Waals surface area contributed by atoms with Gasteiger partial charge in [0.2, 0.25) is 5.95 Å². The van der Waals surface area contributed by atoms with Crippen molar-refractivity contribution in [1.29, 1.82) is 0 Å². The molecule has 0 unspecified atom stereocenters. The Morgan fingerprint density at radius 2 is 1.87 bits per heavy atom. The van der Waals surface area contributed by atoms with Crippen LogP contribution in [0.4, 0.5) is 11.6 Å². The van der Waals surface area contributed by atoms with E-state index in [9.17, 15) is 4.79 Å². The number of hydrogen-bond donors (Lipinski definition) is 2. The van der Waals surface area contributed by atoms with Crippen LogP contribution in [0.5, 0.6) is 5.75 Å². The number of nitrogens with two attached hydrogens (primary N) is 1. The Labute approximate surface area is 176 Å². The van der Waals surface area contributed by atoms with Gasteiger partial charge in [0.25, 0.3) is 5.91 Å². The van der Waals surface area contributed by atoms with Crippen molar-refractivity contribution < 1.29 is 9.53 Å². The van der Waals surface area contributed by atoms with Crippen molar-refractivity contribution in [3.8, 4) is 5.75 Å². The molecule has 30 heavy (non-hydrogen) atoms. The number of aryl methyl sites for hydroxylation is 2. The SMILES string of the molecule is Cc1ccc(OCC(=O)Nc2ccc3nc(N4CCC(N)CC4)nc(C)c3c2)cc1. The molecule has 1 saturated heterocycles. The molecule has 0 radical (unpaired) electrons. The first-order chi connectivity index (χ1) is 14.5. The highest BCUT2D eigenvalue weighted by molar-refractivity contribution is 5.95. The summed E-state index contributed by atoms with van der Waals surface area (Å²) in [5.74, 6) is 1.20. The molecule has 0 spiro atoms. The molecule has 1 aliphatic heterocycles. The summed E-state index contributed by atoms with van der Waals surface area (Å²) in [6.45, 7) is 5.68. The Bertz CT molecular complexity index is 1040. The van der Waals surface area contributed by atoms with Gasteiger partial charge in [-0.1, -0.05) is 17.7 Å². The van der Waals surface area contributed by atoms with Gasteiger partial charge < -0.3 is 20.7 Å². The quantitative estimate of drug-likeness (QED) is 0.677. The van der Waals surface area contributed by atoms with Crippen LogP contribution in [0.25, 0.3) is 10.9 Å². The highest BCUT2D eigenvalue weighted by Gasteiger charge is 2.19. The first kappa shape index (κ1) is 20.1. The van der Waals surface area contributed by atoms with Crippen molar-refractivity contribution in [3.63, 3.8) is 0 Å². The number of amides is 1. The second kappa shape index (κ2) is 8.67. The normalized spacial score (nSPS) is 14.7. The van der Waals surface area contributed by atoms with Crippen LogP contribution in [0.3, 0.4) is 0 Å². The molecule has 7 nitrogen and oxygen atoms in total. The minimum absolute atomic E-state index is 0.0490. The number of carbonyl (C=O) groups excluding carboxylic acids is 1. The van der Waals surface area contributed by atoms with E-state index in [-0.39, 0.29) is 18.6 Å². The highest BCUT2D eigenvalue weighted by Crippen LogP contribution is 2.24. The van der Waals surface area contributed by atoms with E-state index in [0.29, 0.717) is 11.4 Å². The summed E-state index contributed by atoms with van der Waals surface area (Å²) in [5.41, 5.74) is 9.59. The molecule has 2 heterocycles. The van der Waals surface area contributed by atoms with Gasteiger partial charge >= 0.3 is 0 Å². The van der Waals surface area contributed by atoms with E-state index in [1.807, 2.05) is 56.3 Å². The lowest BCUT2D eigenvalue weighted by Gasteiger charge is -2.30. The number of fused-ring (bicyclic) bond motifs is 1. The molecule has 156 valence electrons. The zero-order valence-corrected chi connectivity index (χ0v) is 17.4. The molecule has 0 atom stereocenters. The number of carbonyl (C=O) groups is 1. The second-order valence-corrected chi connectivity index (χ2v) is 7.82. The Balaban J connectivity index is 1.43. The minimum atomic E-state index is -0.213. The van der Waals surface area contributed by atoms with E-state index in [1.54, 1.807) is 0 Å². The largest absolute Gasteiger partial charge is 0.484 e. The third-order valence-electron chi connectivity index (χ3n) is 5.37. The highest BCUT2D eigenvalue weighted by atomic mass is 16.5. The average Bonchev–Trinajstić information content (AvgIpc) is 2.74. The first-order valence-electron chi connectivity index (χ1n) is 10.3. The fraction of sp³-hybridized carbons (Fsp3) is 0.348. The number of aromatic nitrogens is 2. The third kappa shape index (κ3) is 4.68. The van der Waals surface area contributed by atoms with Gasteiger partial charge in [-0.3, -0.25) is 4.79 Å². The molecule has 7 heteroatoms. The van der Waals surface area contributed by atoms with Crippen LogP contribution in [0, 0.1) is 13.8 Å². The summed E-state index contributed by atoms with van der Waals surface area (Å²) < 4.78 is 5.55. The van der Waals surface area contributed by atoms with E-state index >= 15 is 0 Å². The molecule has 1 aliphatic rings. The van der Waals surface area contributed by atoms with Crippen molar-refractivity contribution in [3.05, 3.63) is 53.7 Å². The molecule has 2 aromatic carbocycles. The summed E-state index contributed by atoms with van der Waals surface area (Å²) in [7, 11) is 0. The lowest BCUT2D eigenvalue weighted by Crippen LogP contribution is -2.40. The molecule has 0 saturated carbocycles. The van der Waals surface area contributed by atoms with Crippen molar-refractivity contribution in [2.75, 3.05) is 29.9 Å². The maximum absolute atomic E-state index is 12.3. The minimum Gasteiger partial charge on any atom is -0.484 e. The summed E-state index contributed by atoms with van der Waals surface area (Å²) in [5, 5.41) is 3.80. The van der Waals surface area contributed by atoms with Crippen LogP contribution in [0.15, 0.2) is 42.5 Å². The summed E-state index contributed by atoms with van der Waals surface area (Å²) in [6.07, 6.45) is 1.91. The average molecular weight is 406 g/mol. The lowest BCUT2D eigenvalue weighted by atomic mass is 10.1. The lowest BCUT2D eigenvalue weighted by molar-refractivity contribution is -0.118. The maximum Gasteiger partial charge on any atom is 0.262 e. The molecule has 3 aromatic rings. The van der Waals surface area contributed by atoms with Gasteiger partial charge in [0.15, 0.2) is 6.61 Å². The van der Waals surface area contributed by atoms with Gasteiger partial charge in [-0.15, -0.1) is 0 Å². The molecule has 1 amide bonds. The molecule has 3 N–H and O–H groups in total. The summed E-state index contributed by atoms with van der Waals surface area (Å²) >= 11 is 0. The van der Waals surface area contributed by atoms with Gasteiger partial charge in [-0.2, -0.15) is 0 Å². The topological polar surface area (TPSA) is 93.4 Å². The van der Waals surface area contributed by atoms with Crippen LogP contribution in [-0.2, 0) is 4.79 Å². The number of nitrogens with zero attached hydrogens (tertiary/aromatic N) is 3. The predicted octanol–water partition coefficient (Wildman–Crippen LogP) is 3.19. The Morgan fingerprint density at radius 3 is 2.60 bits per heavy atom. The van der Waals surface area contributed by atoms with E-state index in [0.717, 1.165) is 54.0 Å². The molecular formula is C23H27N5O2. The number of nitrogens with one attached hydrogen (secondary N) is 1. The van der Waals surface area contributed by atoms with Crippen molar-refractivity contribution in [2.45, 2.75) is 32.7 Å². The van der Waals surface area contributed by atoms with Gasteiger partial charge in [0.05, 0.1) is 11.2 Å². The van der Waals surface area contributed by atoms with E-state index < -0.39 is 0 Å². The van der Waals surface area contributed by atoms with Gasteiger partial charge in [0, 0.05) is 30.2 Å². The van der Waals surface area contributed by atoms with Crippen LogP contribution < -0.4 is 20.7 Å². The molecule has 4 rings (SSSR count). The number of rotatable bonds is 5. The van der Waals surface area contributed by atoms with E-state index in [4.69, 9.17) is 15.5 Å². The molecule has 0 aliphatic carbocycles. The second-order valence-electron chi connectivity index (χ2n) is 7.82.